The number of rotatable bonds is 3. The standard InChI is InChI=1S/C16H12FNO2/c17-13-6-2-1-4-12(13)10-20-14-7-3-5-11-8-9-15(19)18-16(11)14/h1-9H,10H2,(H,18,19). The number of pyridine rings is 1. The van der Waals surface area contributed by atoms with Crippen molar-refractivity contribution in [1.82, 2.24) is 4.98 Å². The Hall–Kier alpha value is -2.62. The molecule has 0 aliphatic carbocycles. The van der Waals surface area contributed by atoms with Crippen LogP contribution < -0.4 is 10.3 Å². The van der Waals surface area contributed by atoms with E-state index in [9.17, 15) is 9.18 Å². The van der Waals surface area contributed by atoms with Gasteiger partial charge in [-0.1, -0.05) is 30.3 Å². The molecule has 3 nitrogen and oxygen atoms in total. The van der Waals surface area contributed by atoms with Crippen LogP contribution in [0.5, 0.6) is 5.75 Å². The topological polar surface area (TPSA) is 42.1 Å². The van der Waals surface area contributed by atoms with Crippen molar-refractivity contribution >= 4 is 10.9 Å². The molecule has 100 valence electrons. The van der Waals surface area contributed by atoms with Crippen LogP contribution in [0.3, 0.4) is 0 Å². The summed E-state index contributed by atoms with van der Waals surface area (Å²) in [4.78, 5) is 14.1. The summed E-state index contributed by atoms with van der Waals surface area (Å²) in [5.41, 5.74) is 0.901. The van der Waals surface area contributed by atoms with Crippen molar-refractivity contribution in [3.8, 4) is 5.75 Å². The Labute approximate surface area is 114 Å². The molecule has 20 heavy (non-hydrogen) atoms. The molecule has 0 atom stereocenters. The number of aromatic nitrogens is 1. The summed E-state index contributed by atoms with van der Waals surface area (Å²) in [7, 11) is 0. The van der Waals surface area contributed by atoms with Crippen LogP contribution in [-0.4, -0.2) is 4.98 Å². The van der Waals surface area contributed by atoms with Gasteiger partial charge in [-0.25, -0.2) is 4.39 Å². The maximum atomic E-state index is 13.5. The molecular formula is C16H12FNO2. The highest BCUT2D eigenvalue weighted by Crippen LogP contribution is 2.23. The van der Waals surface area contributed by atoms with Gasteiger partial charge in [-0.15, -0.1) is 0 Å². The van der Waals surface area contributed by atoms with E-state index in [-0.39, 0.29) is 18.0 Å². The number of halogens is 1. The first-order valence-corrected chi connectivity index (χ1v) is 6.22. The first kappa shape index (κ1) is 12.4. The van der Waals surface area contributed by atoms with E-state index in [1.807, 2.05) is 12.1 Å². The van der Waals surface area contributed by atoms with Crippen LogP contribution >= 0.6 is 0 Å². The average Bonchev–Trinajstić information content (AvgIpc) is 2.46. The van der Waals surface area contributed by atoms with E-state index in [4.69, 9.17) is 4.74 Å². The lowest BCUT2D eigenvalue weighted by Gasteiger charge is -2.09. The van der Waals surface area contributed by atoms with Crippen LogP contribution in [0.4, 0.5) is 4.39 Å². The molecule has 0 aliphatic rings. The average molecular weight is 269 g/mol. The lowest BCUT2D eigenvalue weighted by molar-refractivity contribution is 0.303. The van der Waals surface area contributed by atoms with E-state index in [1.54, 1.807) is 30.3 Å². The van der Waals surface area contributed by atoms with Crippen LogP contribution in [0.2, 0.25) is 0 Å². The Bertz CT molecular complexity index is 811. The number of nitrogens with one attached hydrogen (secondary N) is 1. The SMILES string of the molecule is O=c1ccc2cccc(OCc3ccccc3F)c2[nH]1. The smallest absolute Gasteiger partial charge is 0.248 e. The van der Waals surface area contributed by atoms with Crippen molar-refractivity contribution in [3.63, 3.8) is 0 Å². The van der Waals surface area contributed by atoms with Crippen LogP contribution in [0, 0.1) is 5.82 Å². The van der Waals surface area contributed by atoms with Crippen molar-refractivity contribution in [2.75, 3.05) is 0 Å². The maximum Gasteiger partial charge on any atom is 0.248 e. The van der Waals surface area contributed by atoms with Gasteiger partial charge in [0.15, 0.2) is 0 Å². The van der Waals surface area contributed by atoms with Crippen molar-refractivity contribution in [2.24, 2.45) is 0 Å². The zero-order chi connectivity index (χ0) is 13.9. The fourth-order valence-corrected chi connectivity index (χ4v) is 2.04. The molecule has 0 bridgehead atoms. The Morgan fingerprint density at radius 3 is 2.70 bits per heavy atom. The number of benzene rings is 2. The van der Waals surface area contributed by atoms with Gasteiger partial charge in [-0.05, 0) is 18.2 Å². The molecule has 3 rings (SSSR count). The molecule has 2 aromatic carbocycles. The predicted octanol–water partition coefficient (Wildman–Crippen LogP) is 3.25. The lowest BCUT2D eigenvalue weighted by atomic mass is 10.2. The van der Waals surface area contributed by atoms with Gasteiger partial charge in [0, 0.05) is 17.0 Å². The number of para-hydroxylation sites is 1. The van der Waals surface area contributed by atoms with E-state index < -0.39 is 0 Å². The number of H-pyrrole nitrogens is 1. The highest BCUT2D eigenvalue weighted by atomic mass is 19.1. The Kier molecular flexibility index (Phi) is 3.21. The Morgan fingerprint density at radius 2 is 1.85 bits per heavy atom. The maximum absolute atomic E-state index is 13.5. The quantitative estimate of drug-likeness (QED) is 0.793. The van der Waals surface area contributed by atoms with E-state index in [0.717, 1.165) is 5.39 Å². The first-order valence-electron chi connectivity index (χ1n) is 6.22. The molecule has 0 saturated carbocycles. The molecule has 0 amide bonds. The molecule has 4 heteroatoms. The van der Waals surface area contributed by atoms with Crippen molar-refractivity contribution in [3.05, 3.63) is 76.3 Å². The number of hydrogen-bond acceptors (Lipinski definition) is 2. The van der Waals surface area contributed by atoms with Gasteiger partial charge in [0.25, 0.3) is 0 Å². The number of aromatic amines is 1. The van der Waals surface area contributed by atoms with Gasteiger partial charge in [0.05, 0.1) is 5.52 Å². The second-order valence-electron chi connectivity index (χ2n) is 4.42. The summed E-state index contributed by atoms with van der Waals surface area (Å²) in [6.07, 6.45) is 0. The zero-order valence-electron chi connectivity index (χ0n) is 10.6. The second-order valence-corrected chi connectivity index (χ2v) is 4.42. The minimum atomic E-state index is -0.304. The summed E-state index contributed by atoms with van der Waals surface area (Å²) in [6.45, 7) is 0.114. The van der Waals surface area contributed by atoms with Crippen molar-refractivity contribution < 1.29 is 9.13 Å². The van der Waals surface area contributed by atoms with Crippen LogP contribution in [-0.2, 0) is 6.61 Å². The summed E-state index contributed by atoms with van der Waals surface area (Å²) >= 11 is 0. The monoisotopic (exact) mass is 269 g/mol. The molecule has 0 unspecified atom stereocenters. The molecule has 1 aromatic heterocycles. The molecule has 0 spiro atoms. The van der Waals surface area contributed by atoms with Crippen LogP contribution in [0.25, 0.3) is 10.9 Å². The molecule has 0 fully saturated rings. The zero-order valence-corrected chi connectivity index (χ0v) is 10.6. The second kappa shape index (κ2) is 5.17. The number of ether oxygens (including phenoxy) is 1. The molecule has 3 aromatic rings. The first-order chi connectivity index (χ1) is 9.74. The van der Waals surface area contributed by atoms with Gasteiger partial charge in [0.2, 0.25) is 5.56 Å². The number of fused-ring (bicyclic) bond motifs is 1. The van der Waals surface area contributed by atoms with E-state index in [0.29, 0.717) is 16.8 Å². The normalized spacial score (nSPS) is 10.7. The van der Waals surface area contributed by atoms with Gasteiger partial charge in [-0.3, -0.25) is 4.79 Å². The third-order valence-electron chi connectivity index (χ3n) is 3.06. The van der Waals surface area contributed by atoms with Gasteiger partial charge < -0.3 is 9.72 Å². The largest absolute Gasteiger partial charge is 0.487 e. The van der Waals surface area contributed by atoms with E-state index in [1.165, 1.54) is 12.1 Å². The summed E-state index contributed by atoms with van der Waals surface area (Å²) in [6, 6.07) is 15.1. The number of hydrogen-bond donors (Lipinski definition) is 1. The molecule has 0 aliphatic heterocycles. The van der Waals surface area contributed by atoms with Gasteiger partial charge >= 0.3 is 0 Å². The highest BCUT2D eigenvalue weighted by Gasteiger charge is 2.05. The Balaban J connectivity index is 1.93. The van der Waals surface area contributed by atoms with Crippen molar-refractivity contribution in [2.45, 2.75) is 6.61 Å². The van der Waals surface area contributed by atoms with E-state index in [2.05, 4.69) is 4.98 Å². The van der Waals surface area contributed by atoms with Gasteiger partial charge in [0.1, 0.15) is 18.2 Å². The van der Waals surface area contributed by atoms with Crippen LogP contribution in [0.1, 0.15) is 5.56 Å². The summed E-state index contributed by atoms with van der Waals surface area (Å²) in [5, 5.41) is 0.871. The van der Waals surface area contributed by atoms with Crippen molar-refractivity contribution in [1.29, 1.82) is 0 Å². The minimum absolute atomic E-state index is 0.114. The third-order valence-corrected chi connectivity index (χ3v) is 3.06. The fraction of sp³-hybridized carbons (Fsp3) is 0.0625. The molecule has 0 radical (unpaired) electrons. The predicted molar refractivity (Wildman–Crippen MR) is 75.3 cm³/mol. The minimum Gasteiger partial charge on any atom is -0.487 e. The summed E-state index contributed by atoms with van der Waals surface area (Å²) < 4.78 is 19.2. The summed E-state index contributed by atoms with van der Waals surface area (Å²) in [5.74, 6) is 0.227. The molecule has 0 saturated heterocycles. The van der Waals surface area contributed by atoms with E-state index >= 15 is 0 Å². The molecule has 1 heterocycles. The highest BCUT2D eigenvalue weighted by molar-refractivity contribution is 5.84. The Morgan fingerprint density at radius 1 is 1.00 bits per heavy atom. The van der Waals surface area contributed by atoms with Crippen LogP contribution in [0.15, 0.2) is 59.4 Å². The fourth-order valence-electron chi connectivity index (χ4n) is 2.04. The molecule has 1 N–H and O–H groups in total. The molecular weight excluding hydrogens is 257 g/mol. The third kappa shape index (κ3) is 2.40. The van der Waals surface area contributed by atoms with Gasteiger partial charge in [-0.2, -0.15) is 0 Å². The lowest BCUT2D eigenvalue weighted by Crippen LogP contribution is -2.05.